The lowest BCUT2D eigenvalue weighted by molar-refractivity contribution is -0.140. The van der Waals surface area contributed by atoms with Crippen molar-refractivity contribution in [2.45, 2.75) is 13.0 Å². The molecule has 3 aromatic rings. The first-order valence-electron chi connectivity index (χ1n) is 8.10. The van der Waals surface area contributed by atoms with Gasteiger partial charge in [-0.2, -0.15) is 4.99 Å². The fraction of sp³-hybridized carbons (Fsp3) is 0.211. The van der Waals surface area contributed by atoms with Crippen LogP contribution in [-0.4, -0.2) is 30.7 Å². The number of rotatable bonds is 5. The number of esters is 1. The van der Waals surface area contributed by atoms with Crippen LogP contribution in [0.2, 0.25) is 5.02 Å². The summed E-state index contributed by atoms with van der Waals surface area (Å²) in [6, 6.07) is 12.2. The van der Waals surface area contributed by atoms with Gasteiger partial charge in [-0.25, -0.2) is 0 Å². The zero-order valence-electron chi connectivity index (χ0n) is 14.8. The lowest BCUT2D eigenvalue weighted by atomic mass is 10.2. The van der Waals surface area contributed by atoms with Crippen LogP contribution in [0.4, 0.5) is 0 Å². The predicted octanol–water partition coefficient (Wildman–Crippen LogP) is 3.67. The first-order valence-corrected chi connectivity index (χ1v) is 9.30. The molecular weight excluding hydrogens is 388 g/mol. The van der Waals surface area contributed by atoms with Crippen molar-refractivity contribution in [3.8, 4) is 5.75 Å². The second-order valence-corrected chi connectivity index (χ2v) is 7.07. The van der Waals surface area contributed by atoms with Crippen LogP contribution >= 0.6 is 22.9 Å². The first-order chi connectivity index (χ1) is 13.0. The van der Waals surface area contributed by atoms with Crippen LogP contribution in [0.5, 0.6) is 5.75 Å². The molecule has 6 nitrogen and oxygen atoms in total. The van der Waals surface area contributed by atoms with Gasteiger partial charge in [-0.3, -0.25) is 9.59 Å². The molecule has 0 fully saturated rings. The summed E-state index contributed by atoms with van der Waals surface area (Å²) < 4.78 is 12.6. The van der Waals surface area contributed by atoms with Gasteiger partial charge in [0.2, 0.25) is 0 Å². The summed E-state index contributed by atoms with van der Waals surface area (Å²) >= 11 is 7.42. The Labute approximate surface area is 164 Å². The molecule has 1 amide bonds. The molecule has 0 aliphatic carbocycles. The van der Waals surface area contributed by atoms with E-state index in [4.69, 9.17) is 21.1 Å². The van der Waals surface area contributed by atoms with Gasteiger partial charge < -0.3 is 14.0 Å². The van der Waals surface area contributed by atoms with E-state index >= 15 is 0 Å². The molecule has 1 heterocycles. The van der Waals surface area contributed by atoms with Gasteiger partial charge in [0.25, 0.3) is 5.91 Å². The number of hydrogen-bond acceptors (Lipinski definition) is 5. The standard InChI is InChI=1S/C19H17ClN2O4S/c1-25-14-5-3-4-12(10-14)18(24)21-19-22(9-8-17(23)26-2)15-7-6-13(20)11-16(15)27-19/h3-7,10-11H,8-9H2,1-2H3. The Morgan fingerprint density at radius 1 is 1.19 bits per heavy atom. The van der Waals surface area contributed by atoms with Gasteiger partial charge in [0.05, 0.1) is 30.9 Å². The van der Waals surface area contributed by atoms with Crippen LogP contribution in [0, 0.1) is 0 Å². The third-order valence-electron chi connectivity index (χ3n) is 3.93. The molecule has 0 aliphatic rings. The van der Waals surface area contributed by atoms with E-state index in [0.29, 0.717) is 27.7 Å². The van der Waals surface area contributed by atoms with Crippen LogP contribution in [0.25, 0.3) is 10.2 Å². The number of carbonyl (C=O) groups is 2. The number of fused-ring (bicyclic) bond motifs is 1. The summed E-state index contributed by atoms with van der Waals surface area (Å²) in [5.41, 5.74) is 1.27. The monoisotopic (exact) mass is 404 g/mol. The average molecular weight is 405 g/mol. The molecule has 27 heavy (non-hydrogen) atoms. The number of thiazole rings is 1. The molecule has 2 aromatic carbocycles. The van der Waals surface area contributed by atoms with Crippen molar-refractivity contribution in [3.63, 3.8) is 0 Å². The zero-order valence-corrected chi connectivity index (χ0v) is 16.3. The molecule has 0 N–H and O–H groups in total. The van der Waals surface area contributed by atoms with Gasteiger partial charge in [0.15, 0.2) is 4.80 Å². The second-order valence-electron chi connectivity index (χ2n) is 5.62. The minimum atomic E-state index is -0.390. The van der Waals surface area contributed by atoms with E-state index < -0.39 is 5.91 Å². The molecule has 140 valence electrons. The van der Waals surface area contributed by atoms with Gasteiger partial charge in [0, 0.05) is 17.1 Å². The van der Waals surface area contributed by atoms with E-state index in [1.807, 2.05) is 16.7 Å². The highest BCUT2D eigenvalue weighted by Crippen LogP contribution is 2.22. The van der Waals surface area contributed by atoms with E-state index in [1.54, 1.807) is 30.3 Å². The summed E-state index contributed by atoms with van der Waals surface area (Å²) in [5, 5.41) is 0.592. The smallest absolute Gasteiger partial charge is 0.307 e. The van der Waals surface area contributed by atoms with Crippen LogP contribution in [0.1, 0.15) is 16.8 Å². The van der Waals surface area contributed by atoms with E-state index in [1.165, 1.54) is 25.6 Å². The van der Waals surface area contributed by atoms with Crippen molar-refractivity contribution < 1.29 is 19.1 Å². The summed E-state index contributed by atoms with van der Waals surface area (Å²) in [7, 11) is 2.88. The summed E-state index contributed by atoms with van der Waals surface area (Å²) in [4.78, 5) is 28.9. The maximum Gasteiger partial charge on any atom is 0.307 e. The maximum atomic E-state index is 12.6. The van der Waals surface area contributed by atoms with Crippen LogP contribution in [0.3, 0.4) is 0 Å². The number of halogens is 1. The average Bonchev–Trinajstić information content (AvgIpc) is 3.01. The highest BCUT2D eigenvalue weighted by Gasteiger charge is 2.12. The molecule has 0 saturated carbocycles. The first kappa shape index (κ1) is 19.1. The van der Waals surface area contributed by atoms with Crippen molar-refractivity contribution >= 4 is 45.0 Å². The third kappa shape index (κ3) is 4.37. The minimum absolute atomic E-state index is 0.172. The van der Waals surface area contributed by atoms with Crippen molar-refractivity contribution in [2.75, 3.05) is 14.2 Å². The van der Waals surface area contributed by atoms with Crippen molar-refractivity contribution in [2.24, 2.45) is 4.99 Å². The number of methoxy groups -OCH3 is 2. The molecule has 8 heteroatoms. The van der Waals surface area contributed by atoms with Crippen LogP contribution < -0.4 is 9.54 Å². The quantitative estimate of drug-likeness (QED) is 0.608. The molecule has 0 saturated heterocycles. The number of nitrogens with zero attached hydrogens (tertiary/aromatic N) is 2. The Morgan fingerprint density at radius 2 is 2.00 bits per heavy atom. The molecule has 0 aliphatic heterocycles. The molecule has 3 rings (SSSR count). The highest BCUT2D eigenvalue weighted by molar-refractivity contribution is 7.16. The van der Waals surface area contributed by atoms with E-state index in [-0.39, 0.29) is 12.4 Å². The summed E-state index contributed by atoms with van der Waals surface area (Å²) in [5.74, 6) is -0.142. The summed E-state index contributed by atoms with van der Waals surface area (Å²) in [6.45, 7) is 0.346. The van der Waals surface area contributed by atoms with Crippen molar-refractivity contribution in [1.29, 1.82) is 0 Å². The topological polar surface area (TPSA) is 69.9 Å². The van der Waals surface area contributed by atoms with Gasteiger partial charge in [-0.1, -0.05) is 29.0 Å². The number of aromatic nitrogens is 1. The maximum absolute atomic E-state index is 12.6. The molecular formula is C19H17ClN2O4S. The van der Waals surface area contributed by atoms with Gasteiger partial charge in [-0.15, -0.1) is 0 Å². The lowest BCUT2D eigenvalue weighted by Gasteiger charge is -2.05. The van der Waals surface area contributed by atoms with E-state index in [2.05, 4.69) is 4.99 Å². The van der Waals surface area contributed by atoms with E-state index in [0.717, 1.165) is 10.2 Å². The second kappa shape index (κ2) is 8.37. The Kier molecular flexibility index (Phi) is 5.93. The molecule has 1 aromatic heterocycles. The van der Waals surface area contributed by atoms with Gasteiger partial charge in [-0.05, 0) is 36.4 Å². The Morgan fingerprint density at radius 3 is 2.74 bits per heavy atom. The number of hydrogen-bond donors (Lipinski definition) is 0. The van der Waals surface area contributed by atoms with Crippen molar-refractivity contribution in [3.05, 3.63) is 57.9 Å². The predicted molar refractivity (Wildman–Crippen MR) is 104 cm³/mol. The number of benzene rings is 2. The molecule has 0 atom stereocenters. The number of carbonyl (C=O) groups excluding carboxylic acids is 2. The fourth-order valence-electron chi connectivity index (χ4n) is 2.56. The van der Waals surface area contributed by atoms with Crippen LogP contribution in [-0.2, 0) is 16.1 Å². The number of amides is 1. The molecule has 0 unspecified atom stereocenters. The number of aryl methyl sites for hydroxylation is 1. The lowest BCUT2D eigenvalue weighted by Crippen LogP contribution is -2.19. The fourth-order valence-corrected chi connectivity index (χ4v) is 3.89. The Bertz CT molecular complexity index is 1070. The summed E-state index contributed by atoms with van der Waals surface area (Å²) in [6.07, 6.45) is 0.172. The largest absolute Gasteiger partial charge is 0.497 e. The highest BCUT2D eigenvalue weighted by atomic mass is 35.5. The number of ether oxygens (including phenoxy) is 2. The SMILES string of the molecule is COC(=O)CCn1c(=NC(=O)c2cccc(OC)c2)sc2cc(Cl)ccc21. The minimum Gasteiger partial charge on any atom is -0.497 e. The van der Waals surface area contributed by atoms with E-state index in [9.17, 15) is 9.59 Å². The molecule has 0 spiro atoms. The Hall–Kier alpha value is -2.64. The third-order valence-corrected chi connectivity index (χ3v) is 5.20. The van der Waals surface area contributed by atoms with Gasteiger partial charge in [0.1, 0.15) is 5.75 Å². The molecule has 0 radical (unpaired) electrons. The van der Waals surface area contributed by atoms with Gasteiger partial charge >= 0.3 is 5.97 Å². The Balaban J connectivity index is 2.06. The van der Waals surface area contributed by atoms with Crippen LogP contribution in [0.15, 0.2) is 47.5 Å². The zero-order chi connectivity index (χ0) is 19.4. The van der Waals surface area contributed by atoms with Crippen molar-refractivity contribution in [1.82, 2.24) is 4.57 Å². The normalized spacial score (nSPS) is 11.6. The molecule has 0 bridgehead atoms.